The van der Waals surface area contributed by atoms with Gasteiger partial charge in [-0.3, -0.25) is 15.3 Å². The molecule has 0 aromatic carbocycles. The van der Waals surface area contributed by atoms with Gasteiger partial charge in [0.15, 0.2) is 0 Å². The minimum absolute atomic E-state index is 0.0951. The zero-order valence-corrected chi connectivity index (χ0v) is 19.0. The highest BCUT2D eigenvalue weighted by Gasteiger charge is 2.39. The zero-order valence-electron chi connectivity index (χ0n) is 18.1. The average Bonchev–Trinajstić information content (AvgIpc) is 2.63. The highest BCUT2D eigenvalue weighted by molar-refractivity contribution is 7.51. The predicted molar refractivity (Wildman–Crippen MR) is 124 cm³/mol. The first-order valence-corrected chi connectivity index (χ1v) is 11.7. The Kier molecular flexibility index (Phi) is 6.32. The molecule has 0 aliphatic heterocycles. The monoisotopic (exact) mass is 397 g/mol. The summed E-state index contributed by atoms with van der Waals surface area (Å²) in [5.41, 5.74) is -0.285. The molecule has 0 aromatic rings. The van der Waals surface area contributed by atoms with Gasteiger partial charge < -0.3 is 0 Å². The van der Waals surface area contributed by atoms with Crippen LogP contribution >= 0.6 is 8.37 Å². The van der Waals surface area contributed by atoms with E-state index in [1.165, 1.54) is 0 Å². The molecule has 4 heteroatoms. The standard InChI is InChI=1S/C24H36N3P/c1-19-13-7-10-16-22(19,4)25-28(26-23(5)17-11-8-14-20(23)2)27-24(6)18-12-9-15-21(24)3/h7-21,25-27H,1-6H3. The first kappa shape index (κ1) is 21.5. The summed E-state index contributed by atoms with van der Waals surface area (Å²) in [4.78, 5) is 0. The van der Waals surface area contributed by atoms with Crippen molar-refractivity contribution in [1.82, 2.24) is 15.3 Å². The van der Waals surface area contributed by atoms with Crippen molar-refractivity contribution in [3.05, 3.63) is 72.9 Å². The highest BCUT2D eigenvalue weighted by Crippen LogP contribution is 2.41. The van der Waals surface area contributed by atoms with E-state index in [1.807, 2.05) is 0 Å². The Morgan fingerprint density at radius 2 is 0.821 bits per heavy atom. The number of hydrogen-bond donors (Lipinski definition) is 3. The van der Waals surface area contributed by atoms with Crippen LogP contribution in [0.25, 0.3) is 0 Å². The van der Waals surface area contributed by atoms with E-state index in [2.05, 4.69) is 130 Å². The lowest BCUT2D eigenvalue weighted by atomic mass is 9.84. The van der Waals surface area contributed by atoms with Crippen LogP contribution in [0.2, 0.25) is 0 Å². The molecule has 0 spiro atoms. The summed E-state index contributed by atoms with van der Waals surface area (Å²) in [6, 6.07) is 0. The quantitative estimate of drug-likeness (QED) is 0.515. The third-order valence-corrected chi connectivity index (χ3v) is 8.87. The summed E-state index contributed by atoms with van der Waals surface area (Å²) in [6.45, 7) is 13.7. The van der Waals surface area contributed by atoms with Crippen LogP contribution in [0.3, 0.4) is 0 Å². The molecule has 6 unspecified atom stereocenters. The molecular weight excluding hydrogens is 361 g/mol. The predicted octanol–water partition coefficient (Wildman–Crippen LogP) is 5.54. The van der Waals surface area contributed by atoms with Gasteiger partial charge in [-0.2, -0.15) is 0 Å². The number of rotatable bonds is 6. The molecule has 0 bridgehead atoms. The van der Waals surface area contributed by atoms with Gasteiger partial charge in [0.25, 0.3) is 0 Å². The minimum Gasteiger partial charge on any atom is -0.262 e. The average molecular weight is 398 g/mol. The van der Waals surface area contributed by atoms with Crippen molar-refractivity contribution in [3.8, 4) is 0 Å². The van der Waals surface area contributed by atoms with E-state index >= 15 is 0 Å². The molecular formula is C24H36N3P. The molecule has 3 aliphatic rings. The van der Waals surface area contributed by atoms with Crippen LogP contribution in [0.1, 0.15) is 41.5 Å². The van der Waals surface area contributed by atoms with Gasteiger partial charge in [-0.1, -0.05) is 93.7 Å². The molecule has 0 aromatic heterocycles. The molecule has 3 rings (SSSR count). The van der Waals surface area contributed by atoms with Crippen molar-refractivity contribution in [2.45, 2.75) is 58.2 Å². The maximum Gasteiger partial charge on any atom is 0.113 e. The van der Waals surface area contributed by atoms with Crippen molar-refractivity contribution in [3.63, 3.8) is 0 Å². The van der Waals surface area contributed by atoms with Gasteiger partial charge in [0.1, 0.15) is 8.37 Å². The Morgan fingerprint density at radius 1 is 0.536 bits per heavy atom. The van der Waals surface area contributed by atoms with Gasteiger partial charge in [-0.25, -0.2) is 0 Å². The molecule has 3 nitrogen and oxygen atoms in total. The fraction of sp³-hybridized carbons (Fsp3) is 0.500. The second kappa shape index (κ2) is 8.24. The largest absolute Gasteiger partial charge is 0.262 e. The second-order valence-corrected chi connectivity index (χ2v) is 10.5. The first-order chi connectivity index (χ1) is 13.2. The van der Waals surface area contributed by atoms with E-state index in [0.717, 1.165) is 0 Å². The van der Waals surface area contributed by atoms with Crippen LogP contribution in [-0.4, -0.2) is 16.6 Å². The third kappa shape index (κ3) is 4.49. The molecule has 0 fully saturated rings. The number of allylic oxidation sites excluding steroid dienone is 6. The molecule has 3 N–H and O–H groups in total. The SMILES string of the molecule is CC1C=CC=CC1(C)NP(NC1(C)C=CC=CC1C)NC1(C)C=CC=CC1C. The van der Waals surface area contributed by atoms with Crippen LogP contribution in [0, 0.1) is 17.8 Å². The van der Waals surface area contributed by atoms with E-state index in [0.29, 0.717) is 17.8 Å². The summed E-state index contributed by atoms with van der Waals surface area (Å²) in [5.74, 6) is 1.26. The molecule has 152 valence electrons. The van der Waals surface area contributed by atoms with Gasteiger partial charge in [0.2, 0.25) is 0 Å². The summed E-state index contributed by atoms with van der Waals surface area (Å²) >= 11 is 0. The molecule has 28 heavy (non-hydrogen) atoms. The Morgan fingerprint density at radius 3 is 1.07 bits per heavy atom. The Hall–Kier alpha value is -1.25. The highest BCUT2D eigenvalue weighted by atomic mass is 31.1. The number of hydrogen-bond acceptors (Lipinski definition) is 3. The van der Waals surface area contributed by atoms with E-state index in [-0.39, 0.29) is 16.6 Å². The summed E-state index contributed by atoms with van der Waals surface area (Å²) in [6.07, 6.45) is 26.6. The summed E-state index contributed by atoms with van der Waals surface area (Å²) < 4.78 is 0. The van der Waals surface area contributed by atoms with Crippen molar-refractivity contribution in [2.24, 2.45) is 17.8 Å². The first-order valence-electron chi connectivity index (χ1n) is 10.4. The zero-order chi connectivity index (χ0) is 20.4. The Labute approximate surface area is 172 Å². The minimum atomic E-state index is -0.860. The maximum atomic E-state index is 3.96. The van der Waals surface area contributed by atoms with Crippen molar-refractivity contribution in [1.29, 1.82) is 0 Å². The van der Waals surface area contributed by atoms with E-state index in [4.69, 9.17) is 0 Å². The van der Waals surface area contributed by atoms with Gasteiger partial charge >= 0.3 is 0 Å². The molecule has 6 atom stereocenters. The van der Waals surface area contributed by atoms with Gasteiger partial charge in [-0.15, -0.1) is 0 Å². The van der Waals surface area contributed by atoms with Crippen LogP contribution < -0.4 is 15.3 Å². The van der Waals surface area contributed by atoms with Crippen LogP contribution in [-0.2, 0) is 0 Å². The van der Waals surface area contributed by atoms with Gasteiger partial charge in [0, 0.05) is 16.6 Å². The van der Waals surface area contributed by atoms with Gasteiger partial charge in [0.05, 0.1) is 0 Å². The molecule has 0 heterocycles. The fourth-order valence-electron chi connectivity index (χ4n) is 3.74. The Balaban J connectivity index is 1.86. The lowest BCUT2D eigenvalue weighted by molar-refractivity contribution is 0.374. The van der Waals surface area contributed by atoms with E-state index in [9.17, 15) is 0 Å². The summed E-state index contributed by atoms with van der Waals surface area (Å²) in [7, 11) is -0.860. The van der Waals surface area contributed by atoms with Crippen LogP contribution in [0.4, 0.5) is 0 Å². The second-order valence-electron chi connectivity index (χ2n) is 9.12. The van der Waals surface area contributed by atoms with Gasteiger partial charge in [-0.05, 0) is 38.5 Å². The molecule has 0 saturated carbocycles. The molecule has 0 radical (unpaired) electrons. The van der Waals surface area contributed by atoms with Crippen molar-refractivity contribution >= 4 is 8.37 Å². The smallest absolute Gasteiger partial charge is 0.113 e. The van der Waals surface area contributed by atoms with Crippen molar-refractivity contribution in [2.75, 3.05) is 0 Å². The van der Waals surface area contributed by atoms with Crippen molar-refractivity contribution < 1.29 is 0 Å². The third-order valence-electron chi connectivity index (χ3n) is 6.76. The molecule has 0 amide bonds. The Bertz CT molecular complexity index is 649. The van der Waals surface area contributed by atoms with Crippen LogP contribution in [0.5, 0.6) is 0 Å². The summed E-state index contributed by atoms with van der Waals surface area (Å²) in [5, 5.41) is 11.9. The van der Waals surface area contributed by atoms with Crippen LogP contribution in [0.15, 0.2) is 72.9 Å². The normalized spacial score (nSPS) is 42.9. The maximum absolute atomic E-state index is 3.96. The molecule has 3 aliphatic carbocycles. The molecule has 0 saturated heterocycles. The number of nitrogens with one attached hydrogen (secondary N) is 3. The lowest BCUT2D eigenvalue weighted by Gasteiger charge is -2.46. The lowest BCUT2D eigenvalue weighted by Crippen LogP contribution is -2.56. The van der Waals surface area contributed by atoms with E-state index < -0.39 is 8.37 Å². The topological polar surface area (TPSA) is 36.1 Å². The fourth-order valence-corrected chi connectivity index (χ4v) is 6.19. The van der Waals surface area contributed by atoms with E-state index in [1.54, 1.807) is 0 Å².